The second kappa shape index (κ2) is 7.83. The maximum Gasteiger partial charge on any atom is 0.311 e. The Kier molecular flexibility index (Phi) is 5.68. The molecule has 2 aromatic rings. The first kappa shape index (κ1) is 19.6. The highest BCUT2D eigenvalue weighted by Gasteiger charge is 2.36. The van der Waals surface area contributed by atoms with E-state index >= 15 is 0 Å². The largest absolute Gasteiger partial charge is 0.484 e. The highest BCUT2D eigenvalue weighted by atomic mass is 32.2. The predicted octanol–water partition coefficient (Wildman–Crippen LogP) is 3.18. The van der Waals surface area contributed by atoms with E-state index in [0.29, 0.717) is 5.75 Å². The first-order chi connectivity index (χ1) is 12.8. The van der Waals surface area contributed by atoms with Crippen molar-refractivity contribution >= 4 is 27.5 Å². The molecule has 1 heterocycles. The van der Waals surface area contributed by atoms with Crippen molar-refractivity contribution < 1.29 is 22.5 Å². The molecule has 0 bridgehead atoms. The van der Waals surface area contributed by atoms with Crippen LogP contribution in [0, 0.1) is 22.9 Å². The second-order valence-corrected chi connectivity index (χ2v) is 9.11. The van der Waals surface area contributed by atoms with E-state index in [0.717, 1.165) is 17.7 Å². The zero-order valence-corrected chi connectivity index (χ0v) is 16.0. The van der Waals surface area contributed by atoms with Crippen LogP contribution in [0.15, 0.2) is 47.4 Å². The first-order valence-electron chi connectivity index (χ1n) is 8.06. The molecule has 0 amide bonds. The lowest BCUT2D eigenvalue weighted by Gasteiger charge is -2.23. The van der Waals surface area contributed by atoms with Gasteiger partial charge in [0.05, 0.1) is 9.82 Å². The molecule has 27 heavy (non-hydrogen) atoms. The van der Waals surface area contributed by atoms with E-state index in [4.69, 9.17) is 4.74 Å². The van der Waals surface area contributed by atoms with Gasteiger partial charge in [0.15, 0.2) is 5.75 Å². The Labute approximate surface area is 160 Å². The van der Waals surface area contributed by atoms with Crippen LogP contribution in [0.4, 0.5) is 10.1 Å². The molecule has 144 valence electrons. The summed E-state index contributed by atoms with van der Waals surface area (Å²) >= 11 is 1.39. The molecule has 0 spiro atoms. The van der Waals surface area contributed by atoms with Gasteiger partial charge in [0.1, 0.15) is 17.8 Å². The molecule has 0 aliphatic carbocycles. The van der Waals surface area contributed by atoms with Crippen molar-refractivity contribution in [1.29, 1.82) is 0 Å². The number of thioether (sulfide) groups is 1. The third-order valence-electron chi connectivity index (χ3n) is 4.06. The number of aryl methyl sites for hydroxylation is 1. The minimum Gasteiger partial charge on any atom is -0.484 e. The van der Waals surface area contributed by atoms with Crippen LogP contribution in [0.25, 0.3) is 0 Å². The minimum absolute atomic E-state index is 0.00211. The molecular formula is C17H17FN2O5S2. The van der Waals surface area contributed by atoms with Crippen molar-refractivity contribution in [2.75, 3.05) is 18.9 Å². The Bertz CT molecular complexity index is 950. The van der Waals surface area contributed by atoms with E-state index in [-0.39, 0.29) is 29.5 Å². The van der Waals surface area contributed by atoms with Crippen LogP contribution in [0.2, 0.25) is 0 Å². The quantitative estimate of drug-likeness (QED) is 0.535. The van der Waals surface area contributed by atoms with E-state index in [1.54, 1.807) is 13.0 Å². The number of halogens is 1. The highest BCUT2D eigenvalue weighted by molar-refractivity contribution is 8.01. The Morgan fingerprint density at radius 2 is 2.00 bits per heavy atom. The fourth-order valence-electron chi connectivity index (χ4n) is 2.71. The van der Waals surface area contributed by atoms with Gasteiger partial charge in [-0.2, -0.15) is 4.31 Å². The molecule has 0 saturated carbocycles. The zero-order valence-electron chi connectivity index (χ0n) is 14.4. The van der Waals surface area contributed by atoms with Crippen molar-refractivity contribution in [3.63, 3.8) is 0 Å². The summed E-state index contributed by atoms with van der Waals surface area (Å²) in [6, 6.07) is 9.23. The van der Waals surface area contributed by atoms with Gasteiger partial charge in [0.2, 0.25) is 10.0 Å². The fraction of sp³-hybridized carbons (Fsp3) is 0.294. The monoisotopic (exact) mass is 412 g/mol. The Morgan fingerprint density at radius 3 is 2.67 bits per heavy atom. The van der Waals surface area contributed by atoms with Crippen molar-refractivity contribution in [2.24, 2.45) is 0 Å². The number of nitro benzene ring substituents is 1. The van der Waals surface area contributed by atoms with Gasteiger partial charge in [-0.1, -0.05) is 6.07 Å². The van der Waals surface area contributed by atoms with E-state index < -0.39 is 26.1 Å². The van der Waals surface area contributed by atoms with E-state index in [9.17, 15) is 22.9 Å². The summed E-state index contributed by atoms with van der Waals surface area (Å²) in [5, 5.41) is 10.7. The molecule has 0 unspecified atom stereocenters. The average molecular weight is 412 g/mol. The van der Waals surface area contributed by atoms with Crippen LogP contribution < -0.4 is 4.74 Å². The van der Waals surface area contributed by atoms with Gasteiger partial charge in [-0.25, -0.2) is 12.8 Å². The smallest absolute Gasteiger partial charge is 0.311 e. The lowest BCUT2D eigenvalue weighted by atomic mass is 10.2. The van der Waals surface area contributed by atoms with Crippen LogP contribution >= 0.6 is 11.8 Å². The maximum atomic E-state index is 13.1. The number of ether oxygens (including phenoxy) is 1. The van der Waals surface area contributed by atoms with Crippen LogP contribution in [0.3, 0.4) is 0 Å². The number of sulfonamides is 1. The molecule has 1 aliphatic heterocycles. The zero-order chi connectivity index (χ0) is 19.6. The summed E-state index contributed by atoms with van der Waals surface area (Å²) in [6.45, 7) is 1.99. The number of benzene rings is 2. The van der Waals surface area contributed by atoms with Crippen LogP contribution in [-0.2, 0) is 10.0 Å². The van der Waals surface area contributed by atoms with Gasteiger partial charge < -0.3 is 4.74 Å². The Morgan fingerprint density at radius 1 is 1.30 bits per heavy atom. The molecule has 0 radical (unpaired) electrons. The molecular weight excluding hydrogens is 395 g/mol. The predicted molar refractivity (Wildman–Crippen MR) is 99.9 cm³/mol. The molecule has 0 aromatic heterocycles. The molecule has 3 rings (SSSR count). The Balaban J connectivity index is 1.78. The van der Waals surface area contributed by atoms with Gasteiger partial charge in [-0.15, -0.1) is 11.8 Å². The van der Waals surface area contributed by atoms with Crippen molar-refractivity contribution in [2.45, 2.75) is 17.2 Å². The summed E-state index contributed by atoms with van der Waals surface area (Å²) < 4.78 is 45.6. The molecule has 1 saturated heterocycles. The molecule has 7 nitrogen and oxygen atoms in total. The standard InChI is InChI=1S/C17H17FN2O5S2/c1-12-2-7-16(15(10-12)20(21)22)25-11-17-19(8-9-26-17)27(23,24)14-5-3-13(18)4-6-14/h2-7,10,17H,8-9,11H2,1H3/t17-/m1/s1. The normalized spacial score (nSPS) is 17.8. The highest BCUT2D eigenvalue weighted by Crippen LogP contribution is 2.33. The van der Waals surface area contributed by atoms with Crippen molar-refractivity contribution in [3.05, 3.63) is 64.0 Å². The van der Waals surface area contributed by atoms with E-state index in [1.165, 1.54) is 40.3 Å². The number of hydrogen-bond donors (Lipinski definition) is 0. The lowest BCUT2D eigenvalue weighted by molar-refractivity contribution is -0.385. The molecule has 2 aromatic carbocycles. The summed E-state index contributed by atoms with van der Waals surface area (Å²) in [4.78, 5) is 10.7. The summed E-state index contributed by atoms with van der Waals surface area (Å²) in [5.41, 5.74) is 0.566. The maximum absolute atomic E-state index is 13.1. The van der Waals surface area contributed by atoms with Gasteiger partial charge in [0.25, 0.3) is 0 Å². The number of nitrogens with zero attached hydrogens (tertiary/aromatic N) is 2. The SMILES string of the molecule is Cc1ccc(OC[C@H]2SCCN2S(=O)(=O)c2ccc(F)cc2)c([N+](=O)[O-])c1. The summed E-state index contributed by atoms with van der Waals surface area (Å²) in [6.07, 6.45) is 0. The van der Waals surface area contributed by atoms with Crippen molar-refractivity contribution in [3.8, 4) is 5.75 Å². The Hall–Kier alpha value is -2.17. The fourth-order valence-corrected chi connectivity index (χ4v) is 5.81. The molecule has 1 aliphatic rings. The minimum atomic E-state index is -3.81. The molecule has 1 atom stereocenters. The van der Waals surface area contributed by atoms with Gasteiger partial charge in [0, 0.05) is 18.4 Å². The molecule has 1 fully saturated rings. The van der Waals surface area contributed by atoms with Gasteiger partial charge >= 0.3 is 5.69 Å². The van der Waals surface area contributed by atoms with E-state index in [1.807, 2.05) is 0 Å². The average Bonchev–Trinajstić information content (AvgIpc) is 3.10. The summed E-state index contributed by atoms with van der Waals surface area (Å²) in [5.74, 6) is 0.151. The van der Waals surface area contributed by atoms with Crippen LogP contribution in [0.5, 0.6) is 5.75 Å². The third kappa shape index (κ3) is 4.23. The second-order valence-electron chi connectivity index (χ2n) is 5.93. The molecule has 0 N–H and O–H groups in total. The number of hydrogen-bond acceptors (Lipinski definition) is 6. The molecule has 10 heteroatoms. The van der Waals surface area contributed by atoms with Gasteiger partial charge in [-0.3, -0.25) is 10.1 Å². The van der Waals surface area contributed by atoms with E-state index in [2.05, 4.69) is 0 Å². The van der Waals surface area contributed by atoms with Crippen LogP contribution in [0.1, 0.15) is 5.56 Å². The third-order valence-corrected chi connectivity index (χ3v) is 7.31. The summed E-state index contributed by atoms with van der Waals surface area (Å²) in [7, 11) is -3.81. The van der Waals surface area contributed by atoms with Crippen molar-refractivity contribution in [1.82, 2.24) is 4.31 Å². The number of nitro groups is 1. The topological polar surface area (TPSA) is 89.8 Å². The number of rotatable bonds is 6. The van der Waals surface area contributed by atoms with Crippen LogP contribution in [-0.4, -0.2) is 41.9 Å². The van der Waals surface area contributed by atoms with Gasteiger partial charge in [-0.05, 0) is 42.8 Å². The first-order valence-corrected chi connectivity index (χ1v) is 10.5. The lowest BCUT2D eigenvalue weighted by Crippen LogP contribution is -2.38.